The average molecular weight is 501 g/mol. The molecule has 0 N–H and O–H groups in total. The van der Waals surface area contributed by atoms with Gasteiger partial charge in [0.15, 0.2) is 11.1 Å². The first-order valence-corrected chi connectivity index (χ1v) is 11.1. The Balaban J connectivity index is 2.04. The largest absolute Gasteiger partial charge is 0.462 e. The van der Waals surface area contributed by atoms with E-state index in [0.717, 1.165) is 9.80 Å². The fraction of sp³-hybridized carbons (Fsp3) is 0.167. The Hall–Kier alpha value is -3.62. The van der Waals surface area contributed by atoms with Crippen LogP contribution < -0.4 is 9.80 Å². The van der Waals surface area contributed by atoms with E-state index in [4.69, 9.17) is 32.7 Å². The highest BCUT2D eigenvalue weighted by atomic mass is 35.5. The van der Waals surface area contributed by atoms with Crippen molar-refractivity contribution in [3.8, 4) is 0 Å². The molecule has 0 atom stereocenters. The summed E-state index contributed by atoms with van der Waals surface area (Å²) in [5.41, 5.74) is -0.454. The van der Waals surface area contributed by atoms with Gasteiger partial charge in [-0.25, -0.2) is 9.59 Å². The lowest BCUT2D eigenvalue weighted by molar-refractivity contribution is -0.140. The van der Waals surface area contributed by atoms with Gasteiger partial charge in [0.1, 0.15) is 0 Å². The Kier molecular flexibility index (Phi) is 6.45. The van der Waals surface area contributed by atoms with Crippen LogP contribution in [0.5, 0.6) is 0 Å². The number of esters is 2. The van der Waals surface area contributed by atoms with Gasteiger partial charge in [-0.3, -0.25) is 19.4 Å². The molecule has 0 bridgehead atoms. The molecule has 2 heterocycles. The number of halogens is 2. The van der Waals surface area contributed by atoms with Crippen molar-refractivity contribution in [3.05, 3.63) is 81.1 Å². The van der Waals surface area contributed by atoms with Gasteiger partial charge in [-0.2, -0.15) is 0 Å². The maximum atomic E-state index is 13.6. The van der Waals surface area contributed by atoms with Crippen LogP contribution in [0.25, 0.3) is 0 Å². The number of rotatable bonds is 6. The highest BCUT2D eigenvalue weighted by Gasteiger charge is 2.53. The molecule has 2 aliphatic heterocycles. The van der Waals surface area contributed by atoms with Gasteiger partial charge in [0.25, 0.3) is 11.8 Å². The summed E-state index contributed by atoms with van der Waals surface area (Å²) in [6.45, 7) is 3.17. The molecule has 0 aromatic heterocycles. The summed E-state index contributed by atoms with van der Waals surface area (Å²) < 4.78 is 10.3. The van der Waals surface area contributed by atoms with Crippen molar-refractivity contribution in [1.82, 2.24) is 0 Å². The van der Waals surface area contributed by atoms with Crippen LogP contribution in [0.2, 0.25) is 10.0 Å². The van der Waals surface area contributed by atoms with E-state index in [1.54, 1.807) is 50.2 Å². The molecule has 8 nitrogen and oxygen atoms in total. The monoisotopic (exact) mass is 500 g/mol. The van der Waals surface area contributed by atoms with Crippen LogP contribution in [0.4, 0.5) is 11.4 Å². The Morgan fingerprint density at radius 3 is 1.44 bits per heavy atom. The molecule has 2 aliphatic rings. The summed E-state index contributed by atoms with van der Waals surface area (Å²) in [6.07, 6.45) is 0. The van der Waals surface area contributed by atoms with Crippen LogP contribution in [0, 0.1) is 0 Å². The molecule has 2 aromatic rings. The minimum absolute atomic E-state index is 0.00501. The molecule has 2 aromatic carbocycles. The second-order valence-electron chi connectivity index (χ2n) is 7.13. The van der Waals surface area contributed by atoms with E-state index in [1.807, 2.05) is 0 Å². The minimum Gasteiger partial charge on any atom is -0.462 e. The SMILES string of the molecule is CCOC(=O)C1=C2C(=C(C(=O)OCC)C(=O)N2c2cccc(Cl)c2)N(c2cccc(Cl)c2)C1=O. The first-order valence-electron chi connectivity index (χ1n) is 10.3. The van der Waals surface area contributed by atoms with Crippen molar-refractivity contribution in [1.29, 1.82) is 0 Å². The Morgan fingerprint density at radius 2 is 1.12 bits per heavy atom. The third kappa shape index (κ3) is 3.85. The maximum absolute atomic E-state index is 13.6. The van der Waals surface area contributed by atoms with Crippen LogP contribution in [0.1, 0.15) is 13.8 Å². The second-order valence-corrected chi connectivity index (χ2v) is 8.00. The highest BCUT2D eigenvalue weighted by Crippen LogP contribution is 2.46. The fourth-order valence-electron chi connectivity index (χ4n) is 3.80. The zero-order valence-electron chi connectivity index (χ0n) is 18.1. The van der Waals surface area contributed by atoms with Gasteiger partial charge in [0, 0.05) is 10.0 Å². The Morgan fingerprint density at radius 1 is 0.735 bits per heavy atom. The third-order valence-corrected chi connectivity index (χ3v) is 5.54. The quantitative estimate of drug-likeness (QED) is 0.439. The molecule has 0 fully saturated rings. The van der Waals surface area contributed by atoms with Crippen molar-refractivity contribution in [2.24, 2.45) is 0 Å². The number of fused-ring (bicyclic) bond motifs is 1. The van der Waals surface area contributed by atoms with Gasteiger partial charge in [0.2, 0.25) is 0 Å². The van der Waals surface area contributed by atoms with Gasteiger partial charge in [-0.1, -0.05) is 35.3 Å². The number of ether oxygens (including phenoxy) is 2. The van der Waals surface area contributed by atoms with E-state index in [9.17, 15) is 19.2 Å². The van der Waals surface area contributed by atoms with E-state index in [-0.39, 0.29) is 36.0 Å². The van der Waals surface area contributed by atoms with Crippen LogP contribution in [-0.2, 0) is 28.7 Å². The molecule has 0 saturated heterocycles. The molecule has 4 rings (SSSR count). The van der Waals surface area contributed by atoms with Gasteiger partial charge in [-0.05, 0) is 50.2 Å². The van der Waals surface area contributed by atoms with Crippen LogP contribution in [0.3, 0.4) is 0 Å². The molecule has 0 saturated carbocycles. The molecular formula is C24H18Cl2N2O6. The number of nitrogens with zero attached hydrogens (tertiary/aromatic N) is 2. The summed E-state index contributed by atoms with van der Waals surface area (Å²) >= 11 is 12.3. The normalized spacial score (nSPS) is 15.3. The number of hydrogen-bond acceptors (Lipinski definition) is 6. The van der Waals surface area contributed by atoms with Crippen LogP contribution in [0.15, 0.2) is 71.1 Å². The number of benzene rings is 2. The lowest BCUT2D eigenvalue weighted by Crippen LogP contribution is -2.33. The van der Waals surface area contributed by atoms with Crippen molar-refractivity contribution < 1.29 is 28.7 Å². The van der Waals surface area contributed by atoms with E-state index >= 15 is 0 Å². The average Bonchev–Trinajstić information content (AvgIpc) is 3.22. The minimum atomic E-state index is -0.936. The molecule has 34 heavy (non-hydrogen) atoms. The molecule has 10 heteroatoms. The Labute approximate surface area is 204 Å². The second kappa shape index (κ2) is 9.32. The number of hydrogen-bond donors (Lipinski definition) is 0. The number of carbonyl (C=O) groups is 4. The van der Waals surface area contributed by atoms with Gasteiger partial charge >= 0.3 is 11.9 Å². The molecule has 174 valence electrons. The Bertz CT molecular complexity index is 1200. The van der Waals surface area contributed by atoms with Crippen molar-refractivity contribution >= 4 is 58.3 Å². The van der Waals surface area contributed by atoms with Crippen LogP contribution >= 0.6 is 23.2 Å². The van der Waals surface area contributed by atoms with Crippen LogP contribution in [-0.4, -0.2) is 37.0 Å². The zero-order chi connectivity index (χ0) is 24.6. The van der Waals surface area contributed by atoms with Gasteiger partial charge < -0.3 is 9.47 Å². The predicted octanol–water partition coefficient (Wildman–Crippen LogP) is 4.02. The molecule has 0 spiro atoms. The molecule has 0 radical (unpaired) electrons. The fourth-order valence-corrected chi connectivity index (χ4v) is 4.17. The first-order chi connectivity index (χ1) is 16.3. The highest BCUT2D eigenvalue weighted by molar-refractivity contribution is 6.37. The lowest BCUT2D eigenvalue weighted by atomic mass is 10.2. The smallest absolute Gasteiger partial charge is 0.346 e. The number of amides is 2. The third-order valence-electron chi connectivity index (χ3n) is 5.07. The summed E-state index contributed by atoms with van der Waals surface area (Å²) in [5, 5.41) is 0.622. The zero-order valence-corrected chi connectivity index (χ0v) is 19.6. The molecule has 0 aliphatic carbocycles. The lowest BCUT2D eigenvalue weighted by Gasteiger charge is -2.20. The molecule has 0 unspecified atom stereocenters. The summed E-state index contributed by atoms with van der Waals surface area (Å²) in [7, 11) is 0. The molecular weight excluding hydrogens is 483 g/mol. The van der Waals surface area contributed by atoms with Gasteiger partial charge in [0.05, 0.1) is 36.0 Å². The number of anilines is 2. The van der Waals surface area contributed by atoms with Crippen molar-refractivity contribution in [2.45, 2.75) is 13.8 Å². The molecule has 2 amide bonds. The topological polar surface area (TPSA) is 93.2 Å². The summed E-state index contributed by atoms with van der Waals surface area (Å²) in [6, 6.07) is 12.5. The predicted molar refractivity (Wildman–Crippen MR) is 125 cm³/mol. The van der Waals surface area contributed by atoms with E-state index in [1.165, 1.54) is 12.1 Å². The summed E-state index contributed by atoms with van der Waals surface area (Å²) in [5.74, 6) is -3.41. The summed E-state index contributed by atoms with van der Waals surface area (Å²) in [4.78, 5) is 55.3. The van der Waals surface area contributed by atoms with E-state index in [0.29, 0.717) is 10.0 Å². The number of carbonyl (C=O) groups excluding carboxylic acids is 4. The maximum Gasteiger partial charge on any atom is 0.346 e. The standard InChI is InChI=1S/C24H18Cl2N2O6/c1-3-33-23(31)17-19-20(28(21(17)29)16-10-6-8-14(26)12-16)18(24(32)34-4-2)22(30)27(19)15-9-5-7-13(25)11-15/h5-12H,3-4H2,1-2H3. The van der Waals surface area contributed by atoms with Crippen molar-refractivity contribution in [2.75, 3.05) is 23.0 Å². The first kappa shape index (κ1) is 23.5. The van der Waals surface area contributed by atoms with Gasteiger partial charge in [-0.15, -0.1) is 0 Å². The van der Waals surface area contributed by atoms with Crippen molar-refractivity contribution in [3.63, 3.8) is 0 Å². The van der Waals surface area contributed by atoms with E-state index in [2.05, 4.69) is 0 Å². The van der Waals surface area contributed by atoms with E-state index < -0.39 is 34.9 Å².